The molecule has 7 heteroatoms. The van der Waals surface area contributed by atoms with Crippen molar-refractivity contribution in [2.45, 2.75) is 40.0 Å². The lowest BCUT2D eigenvalue weighted by atomic mass is 10.1. The van der Waals surface area contributed by atoms with E-state index in [1.54, 1.807) is 24.3 Å². The highest BCUT2D eigenvalue weighted by atomic mass is 16.5. The van der Waals surface area contributed by atoms with Crippen molar-refractivity contribution in [3.8, 4) is 5.75 Å². The number of aryl methyl sites for hydroxylation is 2. The Balaban J connectivity index is 1.78. The Morgan fingerprint density at radius 3 is 2.34 bits per heavy atom. The van der Waals surface area contributed by atoms with E-state index < -0.39 is 11.8 Å². The number of amides is 3. The summed E-state index contributed by atoms with van der Waals surface area (Å²) in [5.74, 6) is -0.365. The lowest BCUT2D eigenvalue weighted by molar-refractivity contribution is -0.123. The molecule has 2 aromatic carbocycles. The Kier molecular flexibility index (Phi) is 8.21. The quantitative estimate of drug-likeness (QED) is 0.596. The number of benzene rings is 2. The average Bonchev–Trinajstić information content (AvgIpc) is 2.71. The molecule has 0 aromatic heterocycles. The minimum absolute atomic E-state index is 0.0554. The molecule has 2 rings (SSSR count). The SMILES string of the molecule is CCCCC(=O)Nc1ccc(C(=O)NNC(=O)COc2cc(C)ccc2C)cc1. The third-order valence-electron chi connectivity index (χ3n) is 4.21. The van der Waals surface area contributed by atoms with Gasteiger partial charge < -0.3 is 10.1 Å². The topological polar surface area (TPSA) is 96.5 Å². The smallest absolute Gasteiger partial charge is 0.276 e. The summed E-state index contributed by atoms with van der Waals surface area (Å²) in [5, 5.41) is 2.78. The molecule has 0 bridgehead atoms. The molecule has 2 aromatic rings. The van der Waals surface area contributed by atoms with E-state index in [1.807, 2.05) is 39.0 Å². The van der Waals surface area contributed by atoms with Crippen molar-refractivity contribution >= 4 is 23.4 Å². The fourth-order valence-electron chi connectivity index (χ4n) is 2.51. The number of anilines is 1. The molecule has 0 aliphatic heterocycles. The third-order valence-corrected chi connectivity index (χ3v) is 4.21. The van der Waals surface area contributed by atoms with E-state index in [0.717, 1.165) is 24.0 Å². The lowest BCUT2D eigenvalue weighted by Gasteiger charge is -2.11. The monoisotopic (exact) mass is 397 g/mol. The van der Waals surface area contributed by atoms with Crippen LogP contribution in [-0.2, 0) is 9.59 Å². The zero-order valence-electron chi connectivity index (χ0n) is 17.0. The second kappa shape index (κ2) is 10.8. The number of carbonyl (C=O) groups is 3. The van der Waals surface area contributed by atoms with Gasteiger partial charge in [0, 0.05) is 17.7 Å². The third kappa shape index (κ3) is 7.29. The molecule has 0 aliphatic carbocycles. The number of hydrogen-bond acceptors (Lipinski definition) is 4. The van der Waals surface area contributed by atoms with Crippen molar-refractivity contribution in [2.75, 3.05) is 11.9 Å². The van der Waals surface area contributed by atoms with E-state index in [0.29, 0.717) is 23.4 Å². The minimum Gasteiger partial charge on any atom is -0.483 e. The Bertz CT molecular complexity index is 863. The number of ether oxygens (including phenoxy) is 1. The van der Waals surface area contributed by atoms with Gasteiger partial charge in [0.15, 0.2) is 6.61 Å². The Morgan fingerprint density at radius 1 is 0.931 bits per heavy atom. The lowest BCUT2D eigenvalue weighted by Crippen LogP contribution is -2.43. The van der Waals surface area contributed by atoms with Crippen LogP contribution in [0, 0.1) is 13.8 Å². The number of rotatable bonds is 8. The maximum absolute atomic E-state index is 12.1. The van der Waals surface area contributed by atoms with Crippen LogP contribution in [-0.4, -0.2) is 24.3 Å². The largest absolute Gasteiger partial charge is 0.483 e. The number of carbonyl (C=O) groups excluding carboxylic acids is 3. The van der Waals surface area contributed by atoms with Crippen LogP contribution < -0.4 is 20.9 Å². The second-order valence-electron chi connectivity index (χ2n) is 6.79. The predicted octanol–water partition coefficient (Wildman–Crippen LogP) is 3.27. The molecule has 7 nitrogen and oxygen atoms in total. The van der Waals surface area contributed by atoms with Gasteiger partial charge in [-0.05, 0) is 61.7 Å². The van der Waals surface area contributed by atoms with Gasteiger partial charge in [-0.3, -0.25) is 25.2 Å². The van der Waals surface area contributed by atoms with Crippen LogP contribution >= 0.6 is 0 Å². The summed E-state index contributed by atoms with van der Waals surface area (Å²) in [7, 11) is 0. The number of hydrazine groups is 1. The molecule has 0 saturated heterocycles. The van der Waals surface area contributed by atoms with Gasteiger partial charge >= 0.3 is 0 Å². The van der Waals surface area contributed by atoms with Crippen molar-refractivity contribution in [1.29, 1.82) is 0 Å². The standard InChI is InChI=1S/C22H27N3O4/c1-4-5-6-20(26)23-18-11-9-17(10-12-18)22(28)25-24-21(27)14-29-19-13-15(2)7-8-16(19)3/h7-13H,4-6,14H2,1-3H3,(H,23,26)(H,24,27)(H,25,28). The molecule has 0 unspecified atom stereocenters. The first-order valence-electron chi connectivity index (χ1n) is 9.58. The van der Waals surface area contributed by atoms with Gasteiger partial charge in [-0.1, -0.05) is 25.5 Å². The van der Waals surface area contributed by atoms with Gasteiger partial charge in [-0.25, -0.2) is 0 Å². The zero-order chi connectivity index (χ0) is 21.2. The number of hydrogen-bond donors (Lipinski definition) is 3. The van der Waals surface area contributed by atoms with E-state index in [9.17, 15) is 14.4 Å². The summed E-state index contributed by atoms with van der Waals surface area (Å²) >= 11 is 0. The van der Waals surface area contributed by atoms with Crippen LogP contribution in [0.4, 0.5) is 5.69 Å². The normalized spacial score (nSPS) is 10.2. The molecule has 0 fully saturated rings. The van der Waals surface area contributed by atoms with Crippen molar-refractivity contribution in [3.63, 3.8) is 0 Å². The molecular formula is C22H27N3O4. The van der Waals surface area contributed by atoms with Gasteiger partial charge in [-0.15, -0.1) is 0 Å². The molecule has 0 heterocycles. The first-order valence-corrected chi connectivity index (χ1v) is 9.58. The van der Waals surface area contributed by atoms with Crippen LogP contribution in [0.1, 0.15) is 47.7 Å². The summed E-state index contributed by atoms with van der Waals surface area (Å²) < 4.78 is 5.49. The minimum atomic E-state index is -0.473. The van der Waals surface area contributed by atoms with Crippen molar-refractivity contribution in [1.82, 2.24) is 10.9 Å². The van der Waals surface area contributed by atoms with Gasteiger partial charge in [0.05, 0.1) is 0 Å². The summed E-state index contributed by atoms with van der Waals surface area (Å²) in [4.78, 5) is 35.8. The van der Waals surface area contributed by atoms with E-state index in [-0.39, 0.29) is 12.5 Å². The van der Waals surface area contributed by atoms with Gasteiger partial charge in [0.25, 0.3) is 11.8 Å². The highest BCUT2D eigenvalue weighted by Crippen LogP contribution is 2.18. The molecule has 0 atom stereocenters. The van der Waals surface area contributed by atoms with E-state index in [1.165, 1.54) is 0 Å². The molecule has 0 aliphatic rings. The van der Waals surface area contributed by atoms with Crippen molar-refractivity contribution in [3.05, 3.63) is 59.2 Å². The van der Waals surface area contributed by atoms with Crippen LogP contribution in [0.3, 0.4) is 0 Å². The molecule has 154 valence electrons. The molecule has 29 heavy (non-hydrogen) atoms. The van der Waals surface area contributed by atoms with Crippen molar-refractivity contribution < 1.29 is 19.1 Å². The average molecular weight is 397 g/mol. The highest BCUT2D eigenvalue weighted by Gasteiger charge is 2.09. The summed E-state index contributed by atoms with van der Waals surface area (Å²) in [6.45, 7) is 5.64. The molecule has 0 spiro atoms. The predicted molar refractivity (Wildman–Crippen MR) is 112 cm³/mol. The van der Waals surface area contributed by atoms with Crippen LogP contribution in [0.5, 0.6) is 5.75 Å². The Hall–Kier alpha value is -3.35. The van der Waals surface area contributed by atoms with Gasteiger partial charge in [-0.2, -0.15) is 0 Å². The van der Waals surface area contributed by atoms with Crippen molar-refractivity contribution in [2.24, 2.45) is 0 Å². The molecule has 3 amide bonds. The number of unbranched alkanes of at least 4 members (excludes halogenated alkanes) is 1. The molecule has 0 saturated carbocycles. The molecule has 0 radical (unpaired) electrons. The highest BCUT2D eigenvalue weighted by molar-refractivity contribution is 5.96. The molecule has 3 N–H and O–H groups in total. The molecular weight excluding hydrogens is 370 g/mol. The van der Waals surface area contributed by atoms with Crippen LogP contribution in [0.2, 0.25) is 0 Å². The summed E-state index contributed by atoms with van der Waals surface area (Å²) in [6, 6.07) is 12.2. The van der Waals surface area contributed by atoms with E-state index in [2.05, 4.69) is 16.2 Å². The van der Waals surface area contributed by atoms with Gasteiger partial charge in [0.2, 0.25) is 5.91 Å². The van der Waals surface area contributed by atoms with Gasteiger partial charge in [0.1, 0.15) is 5.75 Å². The fraction of sp³-hybridized carbons (Fsp3) is 0.318. The summed E-state index contributed by atoms with van der Waals surface area (Å²) in [5.41, 5.74) is 7.60. The van der Waals surface area contributed by atoms with Crippen LogP contribution in [0.25, 0.3) is 0 Å². The zero-order valence-corrected chi connectivity index (χ0v) is 17.0. The Labute approximate surface area is 170 Å². The first kappa shape index (κ1) is 21.9. The first-order chi connectivity index (χ1) is 13.9. The number of nitrogens with one attached hydrogen (secondary N) is 3. The fourth-order valence-corrected chi connectivity index (χ4v) is 2.51. The maximum atomic E-state index is 12.1. The van der Waals surface area contributed by atoms with E-state index in [4.69, 9.17) is 4.74 Å². The van der Waals surface area contributed by atoms with Crippen LogP contribution in [0.15, 0.2) is 42.5 Å². The Morgan fingerprint density at radius 2 is 1.66 bits per heavy atom. The van der Waals surface area contributed by atoms with E-state index >= 15 is 0 Å². The summed E-state index contributed by atoms with van der Waals surface area (Å²) in [6.07, 6.45) is 2.25. The maximum Gasteiger partial charge on any atom is 0.276 e. The second-order valence-corrected chi connectivity index (χ2v) is 6.79.